The fourth-order valence-corrected chi connectivity index (χ4v) is 1.52. The average molecular weight is 236 g/mol. The van der Waals surface area contributed by atoms with Crippen molar-refractivity contribution in [3.8, 4) is 5.75 Å². The van der Waals surface area contributed by atoms with Crippen LogP contribution in [0.4, 0.5) is 4.79 Å². The van der Waals surface area contributed by atoms with Crippen LogP contribution in [0.1, 0.15) is 24.1 Å². The van der Waals surface area contributed by atoms with Crippen LogP contribution in [-0.2, 0) is 0 Å². The van der Waals surface area contributed by atoms with E-state index in [4.69, 9.17) is 4.74 Å². The highest BCUT2D eigenvalue weighted by atomic mass is 16.6. The van der Waals surface area contributed by atoms with Crippen LogP contribution in [0.5, 0.6) is 5.75 Å². The molecule has 1 amide bonds. The first-order chi connectivity index (χ1) is 7.95. The van der Waals surface area contributed by atoms with Crippen molar-refractivity contribution in [2.24, 2.45) is 0 Å². The van der Waals surface area contributed by atoms with Crippen LogP contribution in [0.25, 0.3) is 0 Å². The molecule has 4 nitrogen and oxygen atoms in total. The van der Waals surface area contributed by atoms with Crippen LogP contribution in [0, 0.1) is 6.92 Å². The number of carbonyl (C=O) groups excluding carboxylic acids is 1. The first kappa shape index (κ1) is 13.5. The summed E-state index contributed by atoms with van der Waals surface area (Å²) < 4.78 is 5.24. The molecule has 0 aliphatic heterocycles. The third-order valence-corrected chi connectivity index (χ3v) is 2.80. The zero-order valence-corrected chi connectivity index (χ0v) is 11.1. The van der Waals surface area contributed by atoms with Crippen molar-refractivity contribution >= 4 is 6.09 Å². The Hall–Kier alpha value is -1.55. The number of amides is 1. The number of carbonyl (C=O) groups is 1. The number of nitrogens with one attached hydrogen (secondary N) is 1. The van der Waals surface area contributed by atoms with Crippen molar-refractivity contribution in [3.63, 3.8) is 0 Å². The summed E-state index contributed by atoms with van der Waals surface area (Å²) >= 11 is 0. The number of nitrogens with zero attached hydrogens (tertiary/aromatic N) is 1. The van der Waals surface area contributed by atoms with E-state index in [0.717, 1.165) is 11.1 Å². The van der Waals surface area contributed by atoms with Gasteiger partial charge < -0.3 is 15.0 Å². The molecular weight excluding hydrogens is 216 g/mol. The van der Waals surface area contributed by atoms with E-state index in [1.54, 1.807) is 7.05 Å². The van der Waals surface area contributed by atoms with E-state index in [1.807, 2.05) is 39.2 Å². The molecule has 0 saturated carbocycles. The van der Waals surface area contributed by atoms with Crippen molar-refractivity contribution in [2.75, 3.05) is 21.1 Å². The van der Waals surface area contributed by atoms with Gasteiger partial charge in [0.05, 0.1) is 0 Å². The topological polar surface area (TPSA) is 41.6 Å². The van der Waals surface area contributed by atoms with Gasteiger partial charge in [0.15, 0.2) is 0 Å². The highest BCUT2D eigenvalue weighted by Gasteiger charge is 2.15. The Morgan fingerprint density at radius 2 is 2.06 bits per heavy atom. The van der Waals surface area contributed by atoms with Gasteiger partial charge >= 0.3 is 6.09 Å². The summed E-state index contributed by atoms with van der Waals surface area (Å²) in [5.74, 6) is 0.608. The largest absolute Gasteiger partial charge is 0.412 e. The second-order valence-corrected chi connectivity index (χ2v) is 4.32. The van der Waals surface area contributed by atoms with Gasteiger partial charge in [-0.25, -0.2) is 4.79 Å². The van der Waals surface area contributed by atoms with E-state index < -0.39 is 6.09 Å². The molecule has 1 aromatic rings. The second-order valence-electron chi connectivity index (χ2n) is 4.32. The molecule has 0 radical (unpaired) electrons. The third kappa shape index (κ3) is 3.46. The maximum Gasteiger partial charge on any atom is 0.412 e. The predicted molar refractivity (Wildman–Crippen MR) is 68.4 cm³/mol. The summed E-state index contributed by atoms with van der Waals surface area (Å²) in [6, 6.07) is 6.00. The zero-order valence-electron chi connectivity index (χ0n) is 11.1. The van der Waals surface area contributed by atoms with Crippen molar-refractivity contribution in [1.82, 2.24) is 10.2 Å². The standard InChI is InChI=1S/C13H20N2O2/c1-9-6-7-12(17-13(16)14-3)11(8-9)10(2)15(4)5/h6-8,10H,1-5H3,(H,14,16). The SMILES string of the molecule is CNC(=O)Oc1ccc(C)cc1C(C)N(C)C. The lowest BCUT2D eigenvalue weighted by Gasteiger charge is -2.22. The number of hydrogen-bond acceptors (Lipinski definition) is 3. The number of rotatable bonds is 3. The Labute approximate surface area is 103 Å². The maximum atomic E-state index is 11.3. The van der Waals surface area contributed by atoms with Crippen LogP contribution in [0.3, 0.4) is 0 Å². The fourth-order valence-electron chi connectivity index (χ4n) is 1.52. The lowest BCUT2D eigenvalue weighted by atomic mass is 10.0. The Morgan fingerprint density at radius 3 is 2.59 bits per heavy atom. The maximum absolute atomic E-state index is 11.3. The molecule has 0 bridgehead atoms. The lowest BCUT2D eigenvalue weighted by Crippen LogP contribution is -2.24. The van der Waals surface area contributed by atoms with E-state index in [1.165, 1.54) is 0 Å². The molecule has 0 saturated heterocycles. The summed E-state index contributed by atoms with van der Waals surface area (Å²) in [6.07, 6.45) is -0.443. The quantitative estimate of drug-likeness (QED) is 0.875. The average Bonchev–Trinajstić information content (AvgIpc) is 2.30. The van der Waals surface area contributed by atoms with Gasteiger partial charge in [-0.3, -0.25) is 0 Å². The number of benzene rings is 1. The number of aryl methyl sites for hydroxylation is 1. The molecule has 1 rings (SSSR count). The molecule has 4 heteroatoms. The van der Waals surface area contributed by atoms with Crippen molar-refractivity contribution in [1.29, 1.82) is 0 Å². The van der Waals surface area contributed by atoms with E-state index in [-0.39, 0.29) is 6.04 Å². The smallest absolute Gasteiger partial charge is 0.410 e. The fraction of sp³-hybridized carbons (Fsp3) is 0.462. The minimum Gasteiger partial charge on any atom is -0.410 e. The normalized spacial score (nSPS) is 12.4. The van der Waals surface area contributed by atoms with Gasteiger partial charge in [0.25, 0.3) is 0 Å². The van der Waals surface area contributed by atoms with Crippen LogP contribution < -0.4 is 10.1 Å². The molecule has 1 aromatic carbocycles. The summed E-state index contributed by atoms with van der Waals surface area (Å²) in [6.45, 7) is 4.10. The first-order valence-electron chi connectivity index (χ1n) is 5.62. The molecule has 0 aromatic heterocycles. The van der Waals surface area contributed by atoms with E-state index >= 15 is 0 Å². The Bertz CT molecular complexity index is 402. The number of hydrogen-bond donors (Lipinski definition) is 1. The molecule has 1 N–H and O–H groups in total. The molecule has 0 heterocycles. The minimum absolute atomic E-state index is 0.189. The summed E-state index contributed by atoms with van der Waals surface area (Å²) in [7, 11) is 5.54. The summed E-state index contributed by atoms with van der Waals surface area (Å²) in [5, 5.41) is 2.45. The zero-order chi connectivity index (χ0) is 13.0. The van der Waals surface area contributed by atoms with Crippen LogP contribution in [0.15, 0.2) is 18.2 Å². The van der Waals surface area contributed by atoms with Crippen LogP contribution in [-0.4, -0.2) is 32.1 Å². The molecule has 1 atom stereocenters. The van der Waals surface area contributed by atoms with Gasteiger partial charge in [0.1, 0.15) is 5.75 Å². The second kappa shape index (κ2) is 5.68. The summed E-state index contributed by atoms with van der Waals surface area (Å²) in [4.78, 5) is 13.3. The molecule has 0 aliphatic carbocycles. The monoisotopic (exact) mass is 236 g/mol. The molecule has 1 unspecified atom stereocenters. The van der Waals surface area contributed by atoms with Gasteiger partial charge in [0.2, 0.25) is 0 Å². The highest BCUT2D eigenvalue weighted by Crippen LogP contribution is 2.28. The lowest BCUT2D eigenvalue weighted by molar-refractivity contribution is 0.201. The van der Waals surface area contributed by atoms with Gasteiger partial charge in [-0.1, -0.05) is 17.7 Å². The van der Waals surface area contributed by atoms with E-state index in [0.29, 0.717) is 5.75 Å². The Kier molecular flexibility index (Phi) is 4.52. The molecular formula is C13H20N2O2. The van der Waals surface area contributed by atoms with Crippen molar-refractivity contribution < 1.29 is 9.53 Å². The van der Waals surface area contributed by atoms with Crippen LogP contribution >= 0.6 is 0 Å². The third-order valence-electron chi connectivity index (χ3n) is 2.80. The van der Waals surface area contributed by atoms with Crippen LogP contribution in [0.2, 0.25) is 0 Å². The number of ether oxygens (including phenoxy) is 1. The molecule has 17 heavy (non-hydrogen) atoms. The molecule has 0 spiro atoms. The van der Waals surface area contributed by atoms with Gasteiger partial charge in [-0.15, -0.1) is 0 Å². The Morgan fingerprint density at radius 1 is 1.41 bits per heavy atom. The van der Waals surface area contributed by atoms with Crippen molar-refractivity contribution in [2.45, 2.75) is 19.9 Å². The first-order valence-corrected chi connectivity index (χ1v) is 5.62. The van der Waals surface area contributed by atoms with E-state index in [2.05, 4.69) is 17.1 Å². The van der Waals surface area contributed by atoms with E-state index in [9.17, 15) is 4.79 Å². The van der Waals surface area contributed by atoms with Gasteiger partial charge in [0, 0.05) is 18.7 Å². The molecule has 0 aliphatic rings. The van der Waals surface area contributed by atoms with Gasteiger partial charge in [-0.2, -0.15) is 0 Å². The summed E-state index contributed by atoms with van der Waals surface area (Å²) in [5.41, 5.74) is 2.16. The highest BCUT2D eigenvalue weighted by molar-refractivity contribution is 5.70. The minimum atomic E-state index is -0.443. The van der Waals surface area contributed by atoms with Crippen molar-refractivity contribution in [3.05, 3.63) is 29.3 Å². The predicted octanol–water partition coefficient (Wildman–Crippen LogP) is 2.34. The molecule has 0 fully saturated rings. The van der Waals surface area contributed by atoms with Gasteiger partial charge in [-0.05, 0) is 34.0 Å². The molecule has 94 valence electrons. The Balaban J connectivity index is 3.07.